The molecule has 5 rings (SSSR count). The number of nitrogens with one attached hydrogen (secondary N) is 1. The number of nitrogens with two attached hydrogens (primary N) is 1. The van der Waals surface area contributed by atoms with Gasteiger partial charge in [-0.25, -0.2) is 0 Å². The van der Waals surface area contributed by atoms with Crippen molar-refractivity contribution in [3.8, 4) is 5.75 Å². The number of halogens is 1. The Morgan fingerprint density at radius 2 is 1.93 bits per heavy atom. The van der Waals surface area contributed by atoms with Gasteiger partial charge >= 0.3 is 0 Å². The van der Waals surface area contributed by atoms with Gasteiger partial charge in [-0.2, -0.15) is 5.06 Å². The third kappa shape index (κ3) is 4.69. The number of amides is 2. The van der Waals surface area contributed by atoms with Crippen LogP contribution in [-0.4, -0.2) is 101 Å². The molecule has 1 aromatic rings. The van der Waals surface area contributed by atoms with Crippen LogP contribution in [0.4, 0.5) is 5.69 Å². The quantitative estimate of drug-likeness (QED) is 0.177. The number of hydrogen-bond donors (Lipinski definition) is 4. The van der Waals surface area contributed by atoms with E-state index in [1.807, 2.05) is 22.6 Å². The fourth-order valence-electron chi connectivity index (χ4n) is 6.84. The van der Waals surface area contributed by atoms with E-state index in [9.17, 15) is 39.0 Å². The Bertz CT molecular complexity index is 1370. The SMILES string of the molecule is CN(C)[C@@H]1C(=O)C(C(N)=O)C(=O)[C@@]2(O)C(=O)C3C(=O)c4c(O)c(NC(=O)CN5CCCCO5)cc(I)c4C[C@H]3C[C@@H]12. The van der Waals surface area contributed by atoms with Crippen molar-refractivity contribution in [1.82, 2.24) is 9.96 Å². The van der Waals surface area contributed by atoms with E-state index in [4.69, 9.17) is 10.6 Å². The van der Waals surface area contributed by atoms with E-state index < -0.39 is 76.0 Å². The molecule has 0 radical (unpaired) electrons. The summed E-state index contributed by atoms with van der Waals surface area (Å²) < 4.78 is 0.564. The van der Waals surface area contributed by atoms with Crippen LogP contribution >= 0.6 is 22.6 Å². The summed E-state index contributed by atoms with van der Waals surface area (Å²) in [6, 6.07) is 0.372. The zero-order valence-electron chi connectivity index (χ0n) is 22.5. The summed E-state index contributed by atoms with van der Waals surface area (Å²) >= 11 is 1.99. The lowest BCUT2D eigenvalue weighted by Gasteiger charge is -2.52. The maximum Gasteiger partial charge on any atom is 0.241 e. The Balaban J connectivity index is 1.50. The number of Topliss-reactive ketones (excluding diaryl/α,β-unsaturated/α-hetero) is 4. The van der Waals surface area contributed by atoms with Crippen LogP contribution in [0.1, 0.15) is 35.2 Å². The van der Waals surface area contributed by atoms with Gasteiger partial charge in [0.05, 0.1) is 29.8 Å². The zero-order valence-corrected chi connectivity index (χ0v) is 24.7. The monoisotopic (exact) mass is 682 g/mol. The minimum absolute atomic E-state index is 0.0254. The fourth-order valence-corrected chi connectivity index (χ4v) is 7.65. The molecule has 3 fully saturated rings. The van der Waals surface area contributed by atoms with Gasteiger partial charge in [0.1, 0.15) is 12.3 Å². The minimum Gasteiger partial charge on any atom is -0.505 e. The Labute approximate surface area is 248 Å². The molecular formula is C27H31IN4O9. The molecule has 220 valence electrons. The molecule has 5 N–H and O–H groups in total. The first-order chi connectivity index (χ1) is 19.3. The number of aromatic hydroxyl groups is 1. The molecule has 0 bridgehead atoms. The lowest BCUT2D eigenvalue weighted by Crippen LogP contribution is -2.74. The van der Waals surface area contributed by atoms with Gasteiger partial charge in [0.25, 0.3) is 0 Å². The average Bonchev–Trinajstić information content (AvgIpc) is 2.89. The summed E-state index contributed by atoms with van der Waals surface area (Å²) in [5.74, 6) is -11.7. The predicted octanol–water partition coefficient (Wildman–Crippen LogP) is -0.562. The highest BCUT2D eigenvalue weighted by Crippen LogP contribution is 2.51. The minimum atomic E-state index is -2.79. The van der Waals surface area contributed by atoms with Gasteiger partial charge < -0.3 is 21.3 Å². The molecule has 1 aliphatic heterocycles. The third-order valence-corrected chi connectivity index (χ3v) is 9.64. The average molecular weight is 682 g/mol. The van der Waals surface area contributed by atoms with E-state index in [1.165, 1.54) is 30.1 Å². The van der Waals surface area contributed by atoms with Gasteiger partial charge in [0.15, 0.2) is 34.7 Å². The Morgan fingerprint density at radius 1 is 1.22 bits per heavy atom. The number of hydroxylamine groups is 2. The van der Waals surface area contributed by atoms with Crippen LogP contribution in [0, 0.1) is 27.2 Å². The molecule has 2 amide bonds. The first-order valence-electron chi connectivity index (χ1n) is 13.4. The maximum atomic E-state index is 13.9. The van der Waals surface area contributed by atoms with Crippen molar-refractivity contribution in [1.29, 1.82) is 0 Å². The molecule has 2 unspecified atom stereocenters. The number of phenols is 1. The second-order valence-corrected chi connectivity index (χ2v) is 12.5. The van der Waals surface area contributed by atoms with Crippen LogP contribution < -0.4 is 11.1 Å². The highest BCUT2D eigenvalue weighted by atomic mass is 127. The van der Waals surface area contributed by atoms with Gasteiger partial charge in [-0.05, 0) is 79.9 Å². The molecule has 2 saturated carbocycles. The number of phenolic OH excluding ortho intramolecular Hbond substituents is 1. The number of fused-ring (bicyclic) bond motifs is 3. The highest BCUT2D eigenvalue weighted by molar-refractivity contribution is 14.1. The van der Waals surface area contributed by atoms with Gasteiger partial charge in [-0.15, -0.1) is 0 Å². The van der Waals surface area contributed by atoms with E-state index >= 15 is 0 Å². The van der Waals surface area contributed by atoms with Gasteiger partial charge in [0.2, 0.25) is 11.8 Å². The van der Waals surface area contributed by atoms with E-state index in [2.05, 4.69) is 5.32 Å². The summed E-state index contributed by atoms with van der Waals surface area (Å²) in [6.07, 6.45) is 1.88. The van der Waals surface area contributed by atoms with Crippen LogP contribution in [0.3, 0.4) is 0 Å². The lowest BCUT2D eigenvalue weighted by molar-refractivity contribution is -0.182. The smallest absolute Gasteiger partial charge is 0.241 e. The van der Waals surface area contributed by atoms with Crippen LogP contribution in [0.15, 0.2) is 6.07 Å². The number of primary amides is 1. The first kappa shape index (κ1) is 29.7. The molecule has 3 aliphatic carbocycles. The number of anilines is 1. The van der Waals surface area contributed by atoms with Crippen molar-refractivity contribution in [3.05, 3.63) is 20.8 Å². The number of nitrogens with zero attached hydrogens (tertiary/aromatic N) is 2. The number of ketones is 4. The topological polar surface area (TPSA) is 197 Å². The number of hydrogen-bond acceptors (Lipinski definition) is 11. The van der Waals surface area contributed by atoms with Crippen molar-refractivity contribution in [2.75, 3.05) is 39.1 Å². The van der Waals surface area contributed by atoms with Crippen LogP contribution in [-0.2, 0) is 35.2 Å². The first-order valence-corrected chi connectivity index (χ1v) is 14.4. The van der Waals surface area contributed by atoms with E-state index in [1.54, 1.807) is 0 Å². The molecule has 1 heterocycles. The fraction of sp³-hybridized carbons (Fsp3) is 0.556. The van der Waals surface area contributed by atoms with Crippen molar-refractivity contribution in [2.24, 2.45) is 29.4 Å². The third-order valence-electron chi connectivity index (χ3n) is 8.68. The van der Waals surface area contributed by atoms with Gasteiger partial charge in [-0.1, -0.05) is 0 Å². The Kier molecular flexibility index (Phi) is 7.82. The van der Waals surface area contributed by atoms with Crippen LogP contribution in [0.5, 0.6) is 5.75 Å². The van der Waals surface area contributed by atoms with E-state index in [0.29, 0.717) is 22.3 Å². The molecular weight excluding hydrogens is 651 g/mol. The Hall–Kier alpha value is -2.79. The number of carbonyl (C=O) groups excluding carboxylic acids is 6. The summed E-state index contributed by atoms with van der Waals surface area (Å²) in [5, 5.41) is 26.9. The lowest BCUT2D eigenvalue weighted by atomic mass is 9.52. The van der Waals surface area contributed by atoms with Crippen molar-refractivity contribution >= 4 is 63.2 Å². The summed E-state index contributed by atoms with van der Waals surface area (Å²) in [4.78, 5) is 86.0. The molecule has 41 heavy (non-hydrogen) atoms. The van der Waals surface area contributed by atoms with Crippen LogP contribution in [0.25, 0.3) is 0 Å². The predicted molar refractivity (Wildman–Crippen MR) is 149 cm³/mol. The zero-order chi connectivity index (χ0) is 30.0. The van der Waals surface area contributed by atoms with Gasteiger partial charge in [-0.3, -0.25) is 38.5 Å². The maximum absolute atomic E-state index is 13.9. The van der Waals surface area contributed by atoms with Crippen molar-refractivity contribution in [2.45, 2.75) is 37.3 Å². The van der Waals surface area contributed by atoms with Crippen molar-refractivity contribution < 1.29 is 43.8 Å². The Morgan fingerprint density at radius 3 is 2.54 bits per heavy atom. The summed E-state index contributed by atoms with van der Waals surface area (Å²) in [6.45, 7) is 0.984. The largest absolute Gasteiger partial charge is 0.505 e. The van der Waals surface area contributed by atoms with E-state index in [0.717, 1.165) is 12.8 Å². The van der Waals surface area contributed by atoms with E-state index in [-0.39, 0.29) is 30.6 Å². The molecule has 0 aromatic heterocycles. The molecule has 1 aromatic carbocycles. The number of carbonyl (C=O) groups is 6. The van der Waals surface area contributed by atoms with Crippen molar-refractivity contribution in [3.63, 3.8) is 0 Å². The van der Waals surface area contributed by atoms with Gasteiger partial charge in [0, 0.05) is 16.0 Å². The van der Waals surface area contributed by atoms with Crippen LogP contribution in [0.2, 0.25) is 0 Å². The standard InChI is InChI=1S/C27H31IN4O9/c1-31(2)20-13-8-11-7-12-14(28)9-15(30-16(33)10-32-5-3-4-6-41-32)21(34)18(12)22(35)17(11)24(37)27(13,40)25(38)19(23(20)36)26(29)39/h9,11,13,17,19-20,34,40H,3-8,10H2,1-2H3,(H2,29,39)(H,30,33)/t11-,13-,17?,19?,20-,27-/m0/s1. The molecule has 4 aliphatic rings. The molecule has 0 spiro atoms. The normalized spacial score (nSPS) is 31.9. The number of benzene rings is 1. The molecule has 6 atom stereocenters. The number of rotatable bonds is 5. The summed E-state index contributed by atoms with van der Waals surface area (Å²) in [5.41, 5.74) is 2.82. The molecule has 14 heteroatoms. The number of aliphatic hydroxyl groups is 1. The second-order valence-electron chi connectivity index (χ2n) is 11.3. The number of likely N-dealkylation sites (N-methyl/N-ethyl adjacent to an activating group) is 1. The molecule has 13 nitrogen and oxygen atoms in total. The summed E-state index contributed by atoms with van der Waals surface area (Å²) in [7, 11) is 3.06. The molecule has 1 saturated heterocycles. The highest BCUT2D eigenvalue weighted by Gasteiger charge is 2.69. The second kappa shape index (κ2) is 10.8.